The highest BCUT2D eigenvalue weighted by molar-refractivity contribution is 7.89. The second-order valence-corrected chi connectivity index (χ2v) is 13.4. The quantitative estimate of drug-likeness (QED) is 0.270. The lowest BCUT2D eigenvalue weighted by molar-refractivity contribution is -0.127. The third-order valence-electron chi connectivity index (χ3n) is 9.03. The molecule has 5 N–H and O–H groups in total. The largest absolute Gasteiger partial charge is 0.475 e. The Bertz CT molecular complexity index is 1230. The molecule has 4 atom stereocenters. The first-order valence-corrected chi connectivity index (χ1v) is 16.0. The summed E-state index contributed by atoms with van der Waals surface area (Å²) < 4.78 is 31.2. The summed E-state index contributed by atoms with van der Waals surface area (Å²) in [6.07, 6.45) is 7.12. The zero-order chi connectivity index (χ0) is 28.2. The molecule has 0 spiro atoms. The van der Waals surface area contributed by atoms with Gasteiger partial charge in [0, 0.05) is 11.4 Å². The van der Waals surface area contributed by atoms with Crippen LogP contribution in [0.15, 0.2) is 47.4 Å². The van der Waals surface area contributed by atoms with Crippen LogP contribution in [0.25, 0.3) is 10.8 Å². The van der Waals surface area contributed by atoms with Crippen LogP contribution >= 0.6 is 0 Å². The number of amides is 1. The van der Waals surface area contributed by atoms with Crippen LogP contribution in [0.3, 0.4) is 0 Å². The van der Waals surface area contributed by atoms with Crippen LogP contribution in [0.2, 0.25) is 0 Å². The number of carbonyl (C=O) groups excluding carboxylic acids is 1. The maximum absolute atomic E-state index is 14.0. The lowest BCUT2D eigenvalue weighted by Gasteiger charge is -2.43. The summed E-state index contributed by atoms with van der Waals surface area (Å²) in [7, 11) is -5.60. The van der Waals surface area contributed by atoms with E-state index in [0.717, 1.165) is 31.1 Å². The van der Waals surface area contributed by atoms with Crippen LogP contribution in [-0.2, 0) is 14.8 Å². The molecule has 39 heavy (non-hydrogen) atoms. The highest BCUT2D eigenvalue weighted by atomic mass is 32.2. The first kappa shape index (κ1) is 30.0. The van der Waals surface area contributed by atoms with Gasteiger partial charge < -0.3 is 20.7 Å². The van der Waals surface area contributed by atoms with Crippen molar-refractivity contribution in [1.82, 2.24) is 15.4 Å². The monoisotopic (exact) mass is 557 g/mol. The lowest BCUT2D eigenvalue weighted by Crippen LogP contribution is -2.64. The number of hydrogen-bond acceptors (Lipinski definition) is 6. The SMILES string of the molecule is CC[C@H](NC(=O)[C@@H](CC1CCCCC1)C1NCCC1(NS(=O)(=O)c1cccc2ccccc12)C(C)C)B(O)O. The number of fused-ring (bicyclic) bond motifs is 1. The van der Waals surface area contributed by atoms with Crippen LogP contribution < -0.4 is 15.4 Å². The Balaban J connectivity index is 1.71. The predicted octanol–water partition coefficient (Wildman–Crippen LogP) is 3.37. The van der Waals surface area contributed by atoms with Gasteiger partial charge in [-0.15, -0.1) is 0 Å². The summed E-state index contributed by atoms with van der Waals surface area (Å²) in [6.45, 7) is 6.39. The summed E-state index contributed by atoms with van der Waals surface area (Å²) in [6, 6.07) is 12.3. The Morgan fingerprint density at radius 1 is 1.10 bits per heavy atom. The van der Waals surface area contributed by atoms with Gasteiger partial charge in [-0.25, -0.2) is 13.1 Å². The van der Waals surface area contributed by atoms with Crippen LogP contribution in [0, 0.1) is 17.8 Å². The normalized spacial score (nSPS) is 24.1. The Labute approximate surface area is 233 Å². The van der Waals surface area contributed by atoms with Crippen LogP contribution in [0.4, 0.5) is 0 Å². The van der Waals surface area contributed by atoms with Crippen LogP contribution in [0.1, 0.15) is 72.1 Å². The molecule has 2 aromatic rings. The van der Waals surface area contributed by atoms with Gasteiger partial charge in [0.1, 0.15) is 0 Å². The number of hydrogen-bond donors (Lipinski definition) is 5. The lowest BCUT2D eigenvalue weighted by atomic mass is 9.71. The van der Waals surface area contributed by atoms with Gasteiger partial charge in [0.2, 0.25) is 15.9 Å². The Morgan fingerprint density at radius 3 is 2.46 bits per heavy atom. The molecule has 8 nitrogen and oxygen atoms in total. The minimum atomic E-state index is -3.94. The summed E-state index contributed by atoms with van der Waals surface area (Å²) >= 11 is 0. The first-order valence-electron chi connectivity index (χ1n) is 14.5. The van der Waals surface area contributed by atoms with Gasteiger partial charge in [-0.3, -0.25) is 4.79 Å². The number of nitrogens with one attached hydrogen (secondary N) is 3. The summed E-state index contributed by atoms with van der Waals surface area (Å²) in [5.74, 6) is -1.30. The average molecular weight is 558 g/mol. The van der Waals surface area contributed by atoms with E-state index in [-0.39, 0.29) is 16.7 Å². The summed E-state index contributed by atoms with van der Waals surface area (Å²) in [4.78, 5) is 14.1. The standard InChI is InChI=1S/C29H44BN3O5S/c1-4-26(30(35)36)32-28(34)24(19-21-11-6-5-7-12-21)27-29(20(2)3,17-18-31-27)33-39(37,38)25-16-10-14-22-13-8-9-15-23(22)25/h8-10,13-16,20-21,24,26-27,31,33,35-36H,4-7,11-12,17-19H2,1-3H3,(H,32,34)/t24-,26-,27?,29?/m0/s1. The molecule has 1 saturated carbocycles. The molecule has 2 fully saturated rings. The zero-order valence-electron chi connectivity index (χ0n) is 23.4. The van der Waals surface area contributed by atoms with E-state index in [1.165, 1.54) is 6.42 Å². The first-order chi connectivity index (χ1) is 18.6. The van der Waals surface area contributed by atoms with E-state index < -0.39 is 40.6 Å². The van der Waals surface area contributed by atoms with Gasteiger partial charge in [-0.1, -0.05) is 89.3 Å². The zero-order valence-corrected chi connectivity index (χ0v) is 24.2. The molecule has 0 radical (unpaired) electrons. The Morgan fingerprint density at radius 2 is 1.79 bits per heavy atom. The molecule has 1 saturated heterocycles. The second-order valence-electron chi connectivity index (χ2n) is 11.7. The average Bonchev–Trinajstić information content (AvgIpc) is 3.34. The van der Waals surface area contributed by atoms with Crippen molar-refractivity contribution in [1.29, 1.82) is 0 Å². The third kappa shape index (κ3) is 6.51. The molecule has 1 aliphatic heterocycles. The molecule has 2 unspecified atom stereocenters. The molecule has 0 aromatic heterocycles. The highest BCUT2D eigenvalue weighted by Crippen LogP contribution is 2.40. The molecule has 2 aliphatic rings. The molecule has 1 aliphatic carbocycles. The topological polar surface area (TPSA) is 128 Å². The predicted molar refractivity (Wildman–Crippen MR) is 155 cm³/mol. The molecule has 10 heteroatoms. The van der Waals surface area contributed by atoms with Gasteiger partial charge >= 0.3 is 7.12 Å². The maximum atomic E-state index is 14.0. The van der Waals surface area contributed by atoms with Crippen molar-refractivity contribution < 1.29 is 23.3 Å². The Kier molecular flexibility index (Phi) is 9.76. The second kappa shape index (κ2) is 12.7. The fourth-order valence-corrected chi connectivity index (χ4v) is 8.55. The molecule has 214 valence electrons. The molecule has 1 amide bonds. The summed E-state index contributed by atoms with van der Waals surface area (Å²) in [5, 5.41) is 27.5. The smallest absolute Gasteiger partial charge is 0.426 e. The molecule has 0 bridgehead atoms. The van der Waals surface area contributed by atoms with Crippen molar-refractivity contribution in [2.75, 3.05) is 6.54 Å². The van der Waals surface area contributed by atoms with Crippen LogP contribution in [-0.4, -0.2) is 55.6 Å². The minimum Gasteiger partial charge on any atom is -0.426 e. The van der Waals surface area contributed by atoms with Crippen molar-refractivity contribution >= 4 is 33.8 Å². The summed E-state index contributed by atoms with van der Waals surface area (Å²) in [5.41, 5.74) is -0.897. The van der Waals surface area contributed by atoms with Gasteiger partial charge in [-0.2, -0.15) is 0 Å². The van der Waals surface area contributed by atoms with E-state index in [1.807, 2.05) is 44.2 Å². The number of benzene rings is 2. The Hall–Kier alpha value is -1.98. The van der Waals surface area contributed by atoms with Crippen molar-refractivity contribution in [3.8, 4) is 0 Å². The number of rotatable bonds is 11. The van der Waals surface area contributed by atoms with Crippen LogP contribution in [0.5, 0.6) is 0 Å². The van der Waals surface area contributed by atoms with Crippen molar-refractivity contribution in [3.63, 3.8) is 0 Å². The van der Waals surface area contributed by atoms with E-state index in [2.05, 4.69) is 15.4 Å². The molecular formula is C29H44BN3O5S. The van der Waals surface area contributed by atoms with E-state index in [1.54, 1.807) is 19.1 Å². The van der Waals surface area contributed by atoms with Gasteiger partial charge in [0.25, 0.3) is 0 Å². The van der Waals surface area contributed by atoms with Gasteiger partial charge in [0.05, 0.1) is 22.3 Å². The number of sulfonamides is 1. The third-order valence-corrected chi connectivity index (χ3v) is 10.6. The molecule has 2 aromatic carbocycles. The van der Waals surface area contributed by atoms with Crippen molar-refractivity contribution in [2.45, 2.75) is 94.6 Å². The van der Waals surface area contributed by atoms with E-state index in [4.69, 9.17) is 0 Å². The minimum absolute atomic E-state index is 0.102. The van der Waals surface area contributed by atoms with Crippen molar-refractivity contribution in [3.05, 3.63) is 42.5 Å². The molecular weight excluding hydrogens is 513 g/mol. The van der Waals surface area contributed by atoms with E-state index in [0.29, 0.717) is 37.1 Å². The fraction of sp³-hybridized carbons (Fsp3) is 0.621. The molecule has 4 rings (SSSR count). The van der Waals surface area contributed by atoms with E-state index >= 15 is 0 Å². The number of carbonyl (C=O) groups is 1. The van der Waals surface area contributed by atoms with E-state index in [9.17, 15) is 23.3 Å². The molecule has 1 heterocycles. The fourth-order valence-electron chi connectivity index (χ4n) is 6.74. The van der Waals surface area contributed by atoms with Gasteiger partial charge in [0.15, 0.2) is 0 Å². The highest BCUT2D eigenvalue weighted by Gasteiger charge is 2.53. The van der Waals surface area contributed by atoms with Crippen molar-refractivity contribution in [2.24, 2.45) is 17.8 Å². The van der Waals surface area contributed by atoms with Gasteiger partial charge in [-0.05, 0) is 49.1 Å². The maximum Gasteiger partial charge on any atom is 0.475 e.